The maximum absolute atomic E-state index is 10.7. The van der Waals surface area contributed by atoms with Gasteiger partial charge in [0.1, 0.15) is 12.5 Å². The van der Waals surface area contributed by atoms with Crippen LogP contribution in [0.25, 0.3) is 28.6 Å². The second-order valence-electron chi connectivity index (χ2n) is 7.80. The van der Waals surface area contributed by atoms with Gasteiger partial charge in [-0.2, -0.15) is 0 Å². The SMILES string of the molecule is C=Cc1c(/C=C\C)[nH]c2cc(C3=CNC(OC4CC(C=O)C4)C=C3)ccc12.CC.CCC. The quantitative estimate of drug-likeness (QED) is 0.476. The Balaban J connectivity index is 0.000000671. The minimum Gasteiger partial charge on any atom is -0.362 e. The third-order valence-electron chi connectivity index (χ3n) is 5.26. The highest BCUT2D eigenvalue weighted by Crippen LogP contribution is 2.31. The summed E-state index contributed by atoms with van der Waals surface area (Å²) in [5.74, 6) is 0.175. The summed E-state index contributed by atoms with van der Waals surface area (Å²) in [6.07, 6.45) is 16.1. The molecule has 0 amide bonds. The van der Waals surface area contributed by atoms with Gasteiger partial charge in [-0.3, -0.25) is 0 Å². The number of aldehydes is 1. The first kappa shape index (κ1) is 25.4. The number of H-pyrrole nitrogens is 1. The average Bonchev–Trinajstić information content (AvgIpc) is 3.14. The van der Waals surface area contributed by atoms with Gasteiger partial charge < -0.3 is 19.8 Å². The number of hydrogen-bond acceptors (Lipinski definition) is 3. The summed E-state index contributed by atoms with van der Waals surface area (Å²) >= 11 is 0. The average molecular weight is 435 g/mol. The van der Waals surface area contributed by atoms with Gasteiger partial charge in [0.25, 0.3) is 0 Å². The lowest BCUT2D eigenvalue weighted by molar-refractivity contribution is -0.122. The summed E-state index contributed by atoms with van der Waals surface area (Å²) in [6.45, 7) is 14.2. The van der Waals surface area contributed by atoms with E-state index in [0.717, 1.165) is 47.0 Å². The number of ether oxygens (including phenoxy) is 1. The Hall–Kier alpha value is -2.85. The molecule has 2 N–H and O–H groups in total. The second-order valence-corrected chi connectivity index (χ2v) is 7.80. The fourth-order valence-corrected chi connectivity index (χ4v) is 3.70. The van der Waals surface area contributed by atoms with Gasteiger partial charge in [-0.1, -0.05) is 71.1 Å². The molecule has 32 heavy (non-hydrogen) atoms. The molecule has 0 spiro atoms. The second kappa shape index (κ2) is 12.9. The molecule has 2 heterocycles. The Labute approximate surface area is 193 Å². The van der Waals surface area contributed by atoms with Gasteiger partial charge in [-0.15, -0.1) is 0 Å². The van der Waals surface area contributed by atoms with Gasteiger partial charge in [0.05, 0.1) is 6.10 Å². The number of benzene rings is 1. The molecule has 1 saturated carbocycles. The van der Waals surface area contributed by atoms with Crippen LogP contribution in [0, 0.1) is 5.92 Å². The molecule has 0 saturated heterocycles. The van der Waals surface area contributed by atoms with Crippen LogP contribution >= 0.6 is 0 Å². The normalized spacial score (nSPS) is 21.4. The molecule has 0 bridgehead atoms. The van der Waals surface area contributed by atoms with Crippen molar-refractivity contribution in [2.24, 2.45) is 5.92 Å². The monoisotopic (exact) mass is 434 g/mol. The van der Waals surface area contributed by atoms with E-state index in [1.807, 2.05) is 45.2 Å². The molecule has 1 fully saturated rings. The van der Waals surface area contributed by atoms with Crippen LogP contribution in [0.2, 0.25) is 0 Å². The minimum absolute atomic E-state index is 0.130. The summed E-state index contributed by atoms with van der Waals surface area (Å²) in [6, 6.07) is 6.42. The number of carbonyl (C=O) groups excluding carboxylic acids is 1. The third kappa shape index (κ3) is 6.10. The number of hydrogen-bond donors (Lipinski definition) is 2. The maximum Gasteiger partial charge on any atom is 0.147 e. The number of carbonyl (C=O) groups is 1. The van der Waals surface area contributed by atoms with Gasteiger partial charge in [-0.05, 0) is 49.1 Å². The highest BCUT2D eigenvalue weighted by atomic mass is 16.5. The molecule has 1 aromatic heterocycles. The molecule has 4 heteroatoms. The van der Waals surface area contributed by atoms with E-state index in [1.54, 1.807) is 0 Å². The first-order valence-corrected chi connectivity index (χ1v) is 11.8. The lowest BCUT2D eigenvalue weighted by atomic mass is 9.83. The molecule has 172 valence electrons. The number of allylic oxidation sites excluding steroid dienone is 3. The van der Waals surface area contributed by atoms with Crippen molar-refractivity contribution < 1.29 is 9.53 Å². The topological polar surface area (TPSA) is 54.1 Å². The van der Waals surface area contributed by atoms with Gasteiger partial charge in [0, 0.05) is 34.3 Å². The number of aromatic amines is 1. The molecule has 4 rings (SSSR count). The molecule has 4 nitrogen and oxygen atoms in total. The predicted molar refractivity (Wildman–Crippen MR) is 138 cm³/mol. The Morgan fingerprint density at radius 1 is 1.22 bits per heavy atom. The van der Waals surface area contributed by atoms with Crippen molar-refractivity contribution in [2.45, 2.75) is 66.2 Å². The predicted octanol–water partition coefficient (Wildman–Crippen LogP) is 7.11. The van der Waals surface area contributed by atoms with Crippen LogP contribution < -0.4 is 5.32 Å². The zero-order valence-electron chi connectivity index (χ0n) is 20.2. The fourth-order valence-electron chi connectivity index (χ4n) is 3.70. The van der Waals surface area contributed by atoms with Crippen LogP contribution in [-0.2, 0) is 9.53 Å². The molecule has 1 unspecified atom stereocenters. The lowest BCUT2D eigenvalue weighted by Gasteiger charge is -2.34. The molecule has 2 aliphatic rings. The summed E-state index contributed by atoms with van der Waals surface area (Å²) in [5, 5.41) is 4.47. The molecule has 2 aromatic rings. The van der Waals surface area contributed by atoms with E-state index in [-0.39, 0.29) is 18.2 Å². The van der Waals surface area contributed by atoms with Gasteiger partial charge in [-0.25, -0.2) is 0 Å². The van der Waals surface area contributed by atoms with Crippen LogP contribution in [0.15, 0.2) is 49.2 Å². The third-order valence-corrected chi connectivity index (χ3v) is 5.26. The lowest BCUT2D eigenvalue weighted by Crippen LogP contribution is -2.39. The van der Waals surface area contributed by atoms with Gasteiger partial charge in [0.15, 0.2) is 0 Å². The maximum atomic E-state index is 10.7. The molecular formula is C28H38N2O2. The Morgan fingerprint density at radius 3 is 2.50 bits per heavy atom. The smallest absolute Gasteiger partial charge is 0.147 e. The van der Waals surface area contributed by atoms with Gasteiger partial charge in [0.2, 0.25) is 0 Å². The van der Waals surface area contributed by atoms with E-state index in [0.29, 0.717) is 0 Å². The van der Waals surface area contributed by atoms with Crippen molar-refractivity contribution in [2.75, 3.05) is 0 Å². The van der Waals surface area contributed by atoms with Crippen LogP contribution in [0.1, 0.15) is 70.7 Å². The largest absolute Gasteiger partial charge is 0.362 e. The summed E-state index contributed by atoms with van der Waals surface area (Å²) in [4.78, 5) is 14.2. The number of rotatable bonds is 6. The number of aromatic nitrogens is 1. The van der Waals surface area contributed by atoms with Crippen LogP contribution in [0.4, 0.5) is 0 Å². The van der Waals surface area contributed by atoms with E-state index in [1.165, 1.54) is 11.8 Å². The first-order chi connectivity index (χ1) is 15.6. The fraction of sp³-hybridized carbons (Fsp3) is 0.393. The van der Waals surface area contributed by atoms with E-state index >= 15 is 0 Å². The van der Waals surface area contributed by atoms with E-state index in [4.69, 9.17) is 4.74 Å². The standard InChI is InChI=1S/C23H24N2O2.C3H8.C2H6/c1-3-5-21-19(4-2)20-8-6-16(12-22(20)25-21)17-7-9-23(24-13-17)27-18-10-15(11-18)14-26;1-3-2;1-2/h3-9,12-15,18,23-25H,2,10-11H2,1H3;3H2,1-2H3;1-2H3/b5-3-;;. The Bertz CT molecular complexity index is 975. The summed E-state index contributed by atoms with van der Waals surface area (Å²) < 4.78 is 5.95. The molecule has 1 aromatic carbocycles. The highest BCUT2D eigenvalue weighted by Gasteiger charge is 2.31. The number of nitrogens with one attached hydrogen (secondary N) is 2. The Kier molecular flexibility index (Phi) is 10.2. The van der Waals surface area contributed by atoms with E-state index in [2.05, 4.69) is 61.1 Å². The molecule has 0 radical (unpaired) electrons. The van der Waals surface area contributed by atoms with Crippen molar-refractivity contribution in [3.63, 3.8) is 0 Å². The zero-order chi connectivity index (χ0) is 23.5. The highest BCUT2D eigenvalue weighted by molar-refractivity contribution is 5.95. The van der Waals surface area contributed by atoms with Crippen molar-refractivity contribution in [3.05, 3.63) is 66.0 Å². The van der Waals surface area contributed by atoms with E-state index in [9.17, 15) is 4.79 Å². The number of fused-ring (bicyclic) bond motifs is 1. The van der Waals surface area contributed by atoms with Gasteiger partial charge >= 0.3 is 0 Å². The zero-order valence-corrected chi connectivity index (χ0v) is 20.2. The van der Waals surface area contributed by atoms with Crippen LogP contribution in [0.5, 0.6) is 0 Å². The van der Waals surface area contributed by atoms with E-state index < -0.39 is 0 Å². The van der Waals surface area contributed by atoms with Crippen LogP contribution in [0.3, 0.4) is 0 Å². The Morgan fingerprint density at radius 2 is 1.94 bits per heavy atom. The number of dihydropyridines is 1. The minimum atomic E-state index is -0.130. The van der Waals surface area contributed by atoms with Crippen LogP contribution in [-0.4, -0.2) is 23.6 Å². The molecule has 1 aliphatic carbocycles. The first-order valence-electron chi connectivity index (χ1n) is 11.8. The molecule has 1 aliphatic heterocycles. The molecule has 1 atom stereocenters. The van der Waals surface area contributed by atoms with Crippen molar-refractivity contribution in [3.8, 4) is 0 Å². The molecular weight excluding hydrogens is 396 g/mol. The van der Waals surface area contributed by atoms with Crippen molar-refractivity contribution >= 4 is 34.9 Å². The van der Waals surface area contributed by atoms with Crippen molar-refractivity contribution in [1.82, 2.24) is 10.3 Å². The summed E-state index contributed by atoms with van der Waals surface area (Å²) in [5.41, 5.74) is 5.55. The van der Waals surface area contributed by atoms with Crippen molar-refractivity contribution in [1.29, 1.82) is 0 Å². The summed E-state index contributed by atoms with van der Waals surface area (Å²) in [7, 11) is 0.